The maximum atomic E-state index is 12.2. The Morgan fingerprint density at radius 1 is 1.18 bits per heavy atom. The van der Waals surface area contributed by atoms with Crippen molar-refractivity contribution >= 4 is 24.0 Å². The SMILES string of the molecule is Cl.NC1C(=O)N(C2CCCC2)c2ccccc21. The van der Waals surface area contributed by atoms with Crippen LogP contribution in [0.5, 0.6) is 0 Å². The van der Waals surface area contributed by atoms with Crippen molar-refractivity contribution in [2.75, 3.05) is 4.90 Å². The molecule has 0 bridgehead atoms. The van der Waals surface area contributed by atoms with Gasteiger partial charge in [0, 0.05) is 17.3 Å². The van der Waals surface area contributed by atoms with Crippen molar-refractivity contribution in [1.29, 1.82) is 0 Å². The number of anilines is 1. The molecule has 3 rings (SSSR count). The Hall–Kier alpha value is -1.06. The van der Waals surface area contributed by atoms with Crippen LogP contribution in [0.3, 0.4) is 0 Å². The Morgan fingerprint density at radius 3 is 2.53 bits per heavy atom. The van der Waals surface area contributed by atoms with Gasteiger partial charge >= 0.3 is 0 Å². The number of amides is 1. The normalized spacial score (nSPS) is 23.7. The van der Waals surface area contributed by atoms with Crippen molar-refractivity contribution in [2.45, 2.75) is 37.8 Å². The van der Waals surface area contributed by atoms with Gasteiger partial charge in [-0.2, -0.15) is 0 Å². The number of hydrogen-bond acceptors (Lipinski definition) is 2. The molecule has 3 nitrogen and oxygen atoms in total. The van der Waals surface area contributed by atoms with Gasteiger partial charge in [0.05, 0.1) is 0 Å². The highest BCUT2D eigenvalue weighted by Gasteiger charge is 2.39. The molecule has 1 unspecified atom stereocenters. The van der Waals surface area contributed by atoms with Crippen LogP contribution < -0.4 is 10.6 Å². The zero-order valence-corrected chi connectivity index (χ0v) is 10.5. The molecule has 0 aromatic heterocycles. The van der Waals surface area contributed by atoms with E-state index in [2.05, 4.69) is 0 Å². The Balaban J connectivity index is 0.00000108. The number of para-hydroxylation sites is 1. The average molecular weight is 253 g/mol. The van der Waals surface area contributed by atoms with Gasteiger partial charge in [0.2, 0.25) is 5.91 Å². The minimum Gasteiger partial charge on any atom is -0.316 e. The van der Waals surface area contributed by atoms with Crippen LogP contribution in [0.15, 0.2) is 24.3 Å². The Kier molecular flexibility index (Phi) is 3.40. The van der Waals surface area contributed by atoms with E-state index in [9.17, 15) is 4.79 Å². The number of benzene rings is 1. The highest BCUT2D eigenvalue weighted by Crippen LogP contribution is 2.39. The molecule has 0 spiro atoms. The van der Waals surface area contributed by atoms with E-state index in [1.165, 1.54) is 12.8 Å². The van der Waals surface area contributed by atoms with E-state index in [-0.39, 0.29) is 18.3 Å². The molecule has 2 N–H and O–H groups in total. The predicted molar refractivity (Wildman–Crippen MR) is 70.4 cm³/mol. The minimum atomic E-state index is -0.447. The van der Waals surface area contributed by atoms with E-state index in [0.29, 0.717) is 6.04 Å². The van der Waals surface area contributed by atoms with Gasteiger partial charge in [-0.15, -0.1) is 12.4 Å². The van der Waals surface area contributed by atoms with E-state index in [0.717, 1.165) is 24.1 Å². The second-order valence-corrected chi connectivity index (χ2v) is 4.68. The second-order valence-electron chi connectivity index (χ2n) is 4.68. The summed E-state index contributed by atoms with van der Waals surface area (Å²) < 4.78 is 0. The number of hydrogen-bond donors (Lipinski definition) is 1. The molecule has 1 atom stereocenters. The third kappa shape index (κ3) is 1.83. The lowest BCUT2D eigenvalue weighted by molar-refractivity contribution is -0.119. The van der Waals surface area contributed by atoms with Gasteiger partial charge in [-0.05, 0) is 18.9 Å². The van der Waals surface area contributed by atoms with Gasteiger partial charge < -0.3 is 10.6 Å². The summed E-state index contributed by atoms with van der Waals surface area (Å²) in [6, 6.07) is 7.83. The van der Waals surface area contributed by atoms with E-state index in [1.807, 2.05) is 29.2 Å². The quantitative estimate of drug-likeness (QED) is 0.834. The third-order valence-corrected chi connectivity index (χ3v) is 3.72. The largest absolute Gasteiger partial charge is 0.316 e. The minimum absolute atomic E-state index is 0. The molecule has 1 saturated carbocycles. The Bertz CT molecular complexity index is 429. The third-order valence-electron chi connectivity index (χ3n) is 3.72. The number of halogens is 1. The molecule has 17 heavy (non-hydrogen) atoms. The number of nitrogens with two attached hydrogens (primary N) is 1. The lowest BCUT2D eigenvalue weighted by Crippen LogP contribution is -2.38. The zero-order chi connectivity index (χ0) is 11.1. The van der Waals surface area contributed by atoms with Gasteiger partial charge in [0.25, 0.3) is 0 Å². The first-order chi connectivity index (χ1) is 7.79. The second kappa shape index (κ2) is 4.67. The first kappa shape index (κ1) is 12.4. The van der Waals surface area contributed by atoms with Gasteiger partial charge in [-0.1, -0.05) is 31.0 Å². The van der Waals surface area contributed by atoms with Crippen LogP contribution in [0.1, 0.15) is 37.3 Å². The summed E-state index contributed by atoms with van der Waals surface area (Å²) in [6.45, 7) is 0. The molecule has 1 aromatic rings. The Labute approximate surface area is 107 Å². The van der Waals surface area contributed by atoms with Crippen LogP contribution >= 0.6 is 12.4 Å². The van der Waals surface area contributed by atoms with Crippen molar-refractivity contribution in [2.24, 2.45) is 5.73 Å². The summed E-state index contributed by atoms with van der Waals surface area (Å²) in [5.74, 6) is 0.0769. The molecule has 0 saturated heterocycles. The van der Waals surface area contributed by atoms with Gasteiger partial charge in [0.15, 0.2) is 0 Å². The molecule has 4 heteroatoms. The van der Waals surface area contributed by atoms with Crippen LogP contribution in [-0.2, 0) is 4.79 Å². The van der Waals surface area contributed by atoms with Crippen LogP contribution in [0.4, 0.5) is 5.69 Å². The molecule has 1 amide bonds. The molecule has 92 valence electrons. The summed E-state index contributed by atoms with van der Waals surface area (Å²) in [6.07, 6.45) is 4.69. The number of fused-ring (bicyclic) bond motifs is 1. The average Bonchev–Trinajstić information content (AvgIpc) is 2.89. The standard InChI is InChI=1S/C13H16N2O.ClH/c14-12-10-7-3-4-8-11(10)15(13(12)16)9-5-1-2-6-9;/h3-4,7-9,12H,1-2,5-6,14H2;1H. The van der Waals surface area contributed by atoms with Crippen LogP contribution in [0, 0.1) is 0 Å². The molecule has 0 radical (unpaired) electrons. The van der Waals surface area contributed by atoms with Crippen LogP contribution in [-0.4, -0.2) is 11.9 Å². The van der Waals surface area contributed by atoms with Gasteiger partial charge in [-0.25, -0.2) is 0 Å². The number of rotatable bonds is 1. The maximum absolute atomic E-state index is 12.2. The van der Waals surface area contributed by atoms with E-state index >= 15 is 0 Å². The summed E-state index contributed by atoms with van der Waals surface area (Å²) in [7, 11) is 0. The summed E-state index contributed by atoms with van der Waals surface area (Å²) in [5.41, 5.74) is 7.98. The van der Waals surface area contributed by atoms with Crippen molar-refractivity contribution in [3.05, 3.63) is 29.8 Å². The zero-order valence-electron chi connectivity index (χ0n) is 9.63. The van der Waals surface area contributed by atoms with E-state index in [1.54, 1.807) is 0 Å². The first-order valence-corrected chi connectivity index (χ1v) is 5.96. The van der Waals surface area contributed by atoms with Crippen molar-refractivity contribution < 1.29 is 4.79 Å². The van der Waals surface area contributed by atoms with Crippen LogP contribution in [0.25, 0.3) is 0 Å². The molecular formula is C13H17ClN2O. The monoisotopic (exact) mass is 252 g/mol. The molecular weight excluding hydrogens is 236 g/mol. The highest BCUT2D eigenvalue weighted by molar-refractivity contribution is 6.04. The number of carbonyl (C=O) groups is 1. The Morgan fingerprint density at radius 2 is 1.82 bits per heavy atom. The van der Waals surface area contributed by atoms with E-state index in [4.69, 9.17) is 5.73 Å². The fourth-order valence-corrected chi connectivity index (χ4v) is 2.91. The van der Waals surface area contributed by atoms with Crippen molar-refractivity contribution in [3.63, 3.8) is 0 Å². The topological polar surface area (TPSA) is 46.3 Å². The predicted octanol–water partition coefficient (Wildman–Crippen LogP) is 2.40. The van der Waals surface area contributed by atoms with Crippen molar-refractivity contribution in [3.8, 4) is 0 Å². The lowest BCUT2D eigenvalue weighted by atomic mass is 10.1. The fourth-order valence-electron chi connectivity index (χ4n) is 2.91. The van der Waals surface area contributed by atoms with Crippen molar-refractivity contribution in [1.82, 2.24) is 0 Å². The molecule has 1 aliphatic carbocycles. The molecule has 1 aromatic carbocycles. The van der Waals surface area contributed by atoms with E-state index < -0.39 is 6.04 Å². The smallest absolute Gasteiger partial charge is 0.248 e. The molecule has 1 aliphatic heterocycles. The lowest BCUT2D eigenvalue weighted by Gasteiger charge is -2.24. The fraction of sp³-hybridized carbons (Fsp3) is 0.462. The molecule has 1 heterocycles. The number of nitrogens with zero attached hydrogens (tertiary/aromatic N) is 1. The van der Waals surface area contributed by atoms with Gasteiger partial charge in [-0.3, -0.25) is 4.79 Å². The summed E-state index contributed by atoms with van der Waals surface area (Å²) in [4.78, 5) is 14.1. The highest BCUT2D eigenvalue weighted by atomic mass is 35.5. The molecule has 1 fully saturated rings. The summed E-state index contributed by atoms with van der Waals surface area (Å²) >= 11 is 0. The summed E-state index contributed by atoms with van der Waals surface area (Å²) in [5, 5.41) is 0. The van der Waals surface area contributed by atoms with Crippen LogP contribution in [0.2, 0.25) is 0 Å². The van der Waals surface area contributed by atoms with Gasteiger partial charge in [0.1, 0.15) is 6.04 Å². The first-order valence-electron chi connectivity index (χ1n) is 5.96. The molecule has 2 aliphatic rings. The number of carbonyl (C=O) groups excluding carboxylic acids is 1. The maximum Gasteiger partial charge on any atom is 0.248 e.